The van der Waals surface area contributed by atoms with Gasteiger partial charge in [0.2, 0.25) is 5.91 Å². The third-order valence-corrected chi connectivity index (χ3v) is 15.0. The molecule has 0 heterocycles. The molecule has 0 aromatic heterocycles. The van der Waals surface area contributed by atoms with E-state index in [1.807, 2.05) is 33.3 Å². The topological polar surface area (TPSA) is 114 Å². The fraction of sp³-hybridized carbons (Fsp3) is 0.649. The number of quaternary nitrogens is 1. The summed E-state index contributed by atoms with van der Waals surface area (Å²) in [6.45, 7) is 6.58. The molecule has 84 heavy (non-hydrogen) atoms. The van der Waals surface area contributed by atoms with Crippen LogP contribution in [0.1, 0.15) is 258 Å². The second-order valence-corrected chi connectivity index (χ2v) is 24.6. The first-order chi connectivity index (χ1) is 40.9. The molecule has 3 unspecified atom stereocenters. The summed E-state index contributed by atoms with van der Waals surface area (Å²) in [4.78, 5) is 40.1. The van der Waals surface area contributed by atoms with Gasteiger partial charge in [0.15, 0.2) is 0 Å². The van der Waals surface area contributed by atoms with Crippen molar-refractivity contribution in [1.29, 1.82) is 0 Å². The zero-order valence-corrected chi connectivity index (χ0v) is 55.4. The normalized spacial score (nSPS) is 14.5. The van der Waals surface area contributed by atoms with E-state index in [0.717, 1.165) is 161 Å². The van der Waals surface area contributed by atoms with E-state index >= 15 is 0 Å². The van der Waals surface area contributed by atoms with Crippen molar-refractivity contribution in [3.63, 3.8) is 0 Å². The van der Waals surface area contributed by atoms with Gasteiger partial charge in [-0.3, -0.25) is 14.2 Å². The van der Waals surface area contributed by atoms with Crippen molar-refractivity contribution in [2.24, 2.45) is 0 Å². The lowest BCUT2D eigenvalue weighted by atomic mass is 10.0. The predicted molar refractivity (Wildman–Crippen MR) is 362 cm³/mol. The van der Waals surface area contributed by atoms with Crippen molar-refractivity contribution in [2.45, 2.75) is 270 Å². The molecule has 0 aromatic rings. The molecule has 0 aromatic carbocycles. The van der Waals surface area contributed by atoms with Gasteiger partial charge in [0, 0.05) is 12.8 Å². The summed E-state index contributed by atoms with van der Waals surface area (Å²) in [6, 6.07) is -0.917. The quantitative estimate of drug-likeness (QED) is 0.0212. The van der Waals surface area contributed by atoms with Crippen LogP contribution < -0.4 is 10.2 Å². The number of unbranched alkanes of at least 4 members (excludes halogenated alkanes) is 21. The standard InChI is InChI=1S/C74H125N2O7P/c1-7-10-13-16-19-22-25-28-30-32-34-36-37-38-39-41-43-45-47-49-52-55-58-61-64-67-74(78)83-72(65-62-59-56-53-50-27-24-21-18-15-12-9-3)71(70-82-84(79,80)81-69-68-76(4,5)6)75-73(77)66-63-60-57-54-51-48-46-44-42-40-35-33-31-29-26-23-20-17-14-11-8-2/h10-11,13-14,19-20,22-23,28-31,34-36,38-40,43-46,62,65,71-72H,7-9,12,15-18,21,24-27,32-33,37,41-42,47-61,63-64,66-70H2,1-6H3,(H-,75,77,79,80)/b13-10-,14-11-,22-19-,23-20-,30-28-,31-29-,36-34-,39-38-,40-35-,45-43-,46-44-,65-62+. The Balaban J connectivity index is 5.24. The minimum absolute atomic E-state index is 0.0374. The highest BCUT2D eigenvalue weighted by atomic mass is 31.2. The monoisotopic (exact) mass is 1180 g/mol. The average Bonchev–Trinajstić information content (AvgIpc) is 3.64. The summed E-state index contributed by atoms with van der Waals surface area (Å²) in [7, 11) is 1.14. The van der Waals surface area contributed by atoms with Gasteiger partial charge in [-0.2, -0.15) is 0 Å². The maximum atomic E-state index is 13.6. The van der Waals surface area contributed by atoms with Gasteiger partial charge in [-0.25, -0.2) is 0 Å². The van der Waals surface area contributed by atoms with Gasteiger partial charge in [-0.05, 0) is 128 Å². The van der Waals surface area contributed by atoms with E-state index < -0.39 is 26.6 Å². The predicted octanol–water partition coefficient (Wildman–Crippen LogP) is 20.8. The number of nitrogens with zero attached hydrogens (tertiary/aromatic N) is 1. The number of likely N-dealkylation sites (N-methyl/N-ethyl adjacent to an activating group) is 1. The highest BCUT2D eigenvalue weighted by Gasteiger charge is 2.27. The molecule has 9 nitrogen and oxygen atoms in total. The molecule has 0 aliphatic carbocycles. The van der Waals surface area contributed by atoms with Crippen LogP contribution >= 0.6 is 7.82 Å². The van der Waals surface area contributed by atoms with Gasteiger partial charge in [0.25, 0.3) is 7.82 Å². The summed E-state index contributed by atoms with van der Waals surface area (Å²) in [5.74, 6) is -0.589. The Morgan fingerprint density at radius 2 is 0.762 bits per heavy atom. The van der Waals surface area contributed by atoms with E-state index in [1.54, 1.807) is 0 Å². The molecule has 0 radical (unpaired) electrons. The largest absolute Gasteiger partial charge is 0.756 e. The fourth-order valence-corrected chi connectivity index (χ4v) is 9.63. The van der Waals surface area contributed by atoms with Crippen LogP contribution in [0.15, 0.2) is 146 Å². The second kappa shape index (κ2) is 62.0. The summed E-state index contributed by atoms with van der Waals surface area (Å²) in [6.07, 6.45) is 89.6. The van der Waals surface area contributed by atoms with Crippen LogP contribution in [0.25, 0.3) is 0 Å². The smallest absolute Gasteiger partial charge is 0.306 e. The lowest BCUT2D eigenvalue weighted by Gasteiger charge is -2.30. The molecule has 0 aliphatic heterocycles. The van der Waals surface area contributed by atoms with Crippen molar-refractivity contribution in [3.05, 3.63) is 146 Å². The Morgan fingerprint density at radius 1 is 0.429 bits per heavy atom. The first kappa shape index (κ1) is 79.9. The molecular weight excluding hydrogens is 1060 g/mol. The van der Waals surface area contributed by atoms with Crippen molar-refractivity contribution >= 4 is 19.7 Å². The summed E-state index contributed by atoms with van der Waals surface area (Å²) in [5, 5.41) is 3.02. The maximum absolute atomic E-state index is 13.6. The Hall–Kier alpha value is -4.11. The SMILES string of the molecule is CC/C=C\C/C=C\C/C=C\C/C=C\C/C=C\C/C=C\CCCCCCCCC(=O)OC(/C=C/CCCCCCCCCCCC)C(COP(=O)([O-])OCC[N+](C)(C)C)NC(=O)CCCCCCC/C=C\C/C=C\C/C=C\C/C=C\C/C=C\CC. The number of amides is 1. The summed E-state index contributed by atoms with van der Waals surface area (Å²) < 4.78 is 30.4. The summed E-state index contributed by atoms with van der Waals surface area (Å²) >= 11 is 0. The molecule has 0 fully saturated rings. The Morgan fingerprint density at radius 3 is 1.14 bits per heavy atom. The van der Waals surface area contributed by atoms with Gasteiger partial charge in [0.05, 0.1) is 33.8 Å². The van der Waals surface area contributed by atoms with Gasteiger partial charge in [-0.1, -0.05) is 263 Å². The molecule has 0 aliphatic rings. The lowest BCUT2D eigenvalue weighted by Crippen LogP contribution is -2.47. The maximum Gasteiger partial charge on any atom is 0.306 e. The number of hydrogen-bond donors (Lipinski definition) is 1. The third-order valence-electron chi connectivity index (χ3n) is 14.0. The fourth-order valence-electron chi connectivity index (χ4n) is 8.90. The number of carbonyl (C=O) groups excluding carboxylic acids is 2. The Labute approximate surface area is 517 Å². The molecule has 0 bridgehead atoms. The molecule has 1 N–H and O–H groups in total. The number of ether oxygens (including phenoxy) is 1. The van der Waals surface area contributed by atoms with Gasteiger partial charge in [-0.15, -0.1) is 0 Å². The van der Waals surface area contributed by atoms with Crippen molar-refractivity contribution < 1.29 is 37.3 Å². The zero-order chi connectivity index (χ0) is 61.4. The van der Waals surface area contributed by atoms with E-state index in [1.165, 1.54) is 51.4 Å². The number of phosphoric ester groups is 1. The van der Waals surface area contributed by atoms with Crippen LogP contribution in [0.3, 0.4) is 0 Å². The van der Waals surface area contributed by atoms with Crippen LogP contribution in [0.5, 0.6) is 0 Å². The molecule has 0 rings (SSSR count). The zero-order valence-electron chi connectivity index (χ0n) is 54.5. The highest BCUT2D eigenvalue weighted by molar-refractivity contribution is 7.45. The lowest BCUT2D eigenvalue weighted by molar-refractivity contribution is -0.870. The molecule has 10 heteroatoms. The molecule has 3 atom stereocenters. The van der Waals surface area contributed by atoms with Crippen LogP contribution in [0.2, 0.25) is 0 Å². The summed E-state index contributed by atoms with van der Waals surface area (Å²) in [5.41, 5.74) is 0. The number of hydrogen-bond acceptors (Lipinski definition) is 7. The number of carbonyl (C=O) groups is 2. The van der Waals surface area contributed by atoms with E-state index in [0.29, 0.717) is 23.9 Å². The first-order valence-corrected chi connectivity index (χ1v) is 35.1. The average molecular weight is 1190 g/mol. The van der Waals surface area contributed by atoms with Crippen molar-refractivity contribution in [1.82, 2.24) is 5.32 Å². The van der Waals surface area contributed by atoms with E-state index in [9.17, 15) is 19.0 Å². The number of allylic oxidation sites excluding steroid dienone is 23. The minimum atomic E-state index is -4.72. The Kier molecular flexibility index (Phi) is 58.9. The minimum Gasteiger partial charge on any atom is -0.756 e. The van der Waals surface area contributed by atoms with Crippen LogP contribution in [0, 0.1) is 0 Å². The Bertz CT molecular complexity index is 1950. The van der Waals surface area contributed by atoms with Crippen LogP contribution in [-0.2, 0) is 27.9 Å². The molecule has 0 saturated carbocycles. The molecule has 478 valence electrons. The number of rotatable bonds is 59. The molecule has 0 saturated heterocycles. The van der Waals surface area contributed by atoms with Crippen molar-refractivity contribution in [3.8, 4) is 0 Å². The first-order valence-electron chi connectivity index (χ1n) is 33.6. The second-order valence-electron chi connectivity index (χ2n) is 23.2. The van der Waals surface area contributed by atoms with E-state index in [4.69, 9.17) is 13.8 Å². The number of esters is 1. The number of phosphoric acid groups is 1. The highest BCUT2D eigenvalue weighted by Crippen LogP contribution is 2.38. The van der Waals surface area contributed by atoms with Gasteiger partial charge >= 0.3 is 5.97 Å². The molecular formula is C74H125N2O7P. The van der Waals surface area contributed by atoms with E-state index in [2.05, 4.69) is 160 Å². The molecule has 1 amide bonds. The van der Waals surface area contributed by atoms with Crippen molar-refractivity contribution in [2.75, 3.05) is 40.9 Å². The molecule has 0 spiro atoms. The van der Waals surface area contributed by atoms with Gasteiger partial charge < -0.3 is 28.5 Å². The van der Waals surface area contributed by atoms with E-state index in [-0.39, 0.29) is 31.3 Å². The van der Waals surface area contributed by atoms with Gasteiger partial charge in [0.1, 0.15) is 19.3 Å². The number of nitrogens with one attached hydrogen (secondary N) is 1. The van der Waals surface area contributed by atoms with Crippen LogP contribution in [-0.4, -0.2) is 69.4 Å². The third kappa shape index (κ3) is 62.4. The van der Waals surface area contributed by atoms with Crippen LogP contribution in [0.4, 0.5) is 0 Å².